The second-order valence-corrected chi connectivity index (χ2v) is 8.81. The third-order valence-electron chi connectivity index (χ3n) is 5.22. The van der Waals surface area contributed by atoms with Crippen molar-refractivity contribution in [3.05, 3.63) is 71.4 Å². The summed E-state index contributed by atoms with van der Waals surface area (Å²) >= 11 is 0. The van der Waals surface area contributed by atoms with Gasteiger partial charge in [-0.05, 0) is 62.1 Å². The fourth-order valence-corrected chi connectivity index (χ4v) is 4.85. The van der Waals surface area contributed by atoms with Gasteiger partial charge in [0, 0.05) is 11.6 Å². The molecule has 0 bridgehead atoms. The lowest BCUT2D eigenvalue weighted by Crippen LogP contribution is -2.39. The molecule has 0 atom stereocenters. The quantitative estimate of drug-likeness (QED) is 0.753. The molecular formula is C21H20N2O3S. The molecule has 1 aliphatic rings. The van der Waals surface area contributed by atoms with Crippen LogP contribution >= 0.6 is 0 Å². The van der Waals surface area contributed by atoms with Gasteiger partial charge < -0.3 is 0 Å². The molecule has 1 aromatic heterocycles. The fraction of sp³-hybridized carbons (Fsp3) is 0.238. The summed E-state index contributed by atoms with van der Waals surface area (Å²) in [7, 11) is -4.00. The zero-order valence-corrected chi connectivity index (χ0v) is 16.0. The molecule has 5 nitrogen and oxygen atoms in total. The summed E-state index contributed by atoms with van der Waals surface area (Å²) in [5.41, 5.74) is 2.78. The summed E-state index contributed by atoms with van der Waals surface area (Å²) in [6.45, 7) is 3.92. The molecule has 27 heavy (non-hydrogen) atoms. The molecular weight excluding hydrogens is 360 g/mol. The van der Waals surface area contributed by atoms with E-state index >= 15 is 0 Å². The zero-order chi connectivity index (χ0) is 19.2. The van der Waals surface area contributed by atoms with E-state index < -0.39 is 21.3 Å². The van der Waals surface area contributed by atoms with E-state index in [4.69, 9.17) is 0 Å². The van der Waals surface area contributed by atoms with Gasteiger partial charge in [0.25, 0.3) is 10.0 Å². The number of hydrogen-bond donors (Lipinski definition) is 1. The van der Waals surface area contributed by atoms with Crippen LogP contribution in [0.2, 0.25) is 0 Å². The Kier molecular flexibility index (Phi) is 4.03. The molecule has 138 valence electrons. The Bertz CT molecular complexity index is 1160. The topological polar surface area (TPSA) is 76.1 Å². The van der Waals surface area contributed by atoms with E-state index in [2.05, 4.69) is 9.71 Å². The van der Waals surface area contributed by atoms with E-state index in [-0.39, 0.29) is 4.90 Å². The molecule has 0 spiro atoms. The minimum absolute atomic E-state index is 0.0678. The third-order valence-corrected chi connectivity index (χ3v) is 6.60. The Morgan fingerprint density at radius 3 is 2.59 bits per heavy atom. The summed E-state index contributed by atoms with van der Waals surface area (Å²) in [6, 6.07) is 14.2. The van der Waals surface area contributed by atoms with Gasteiger partial charge in [0.2, 0.25) is 5.91 Å². The van der Waals surface area contributed by atoms with E-state index in [0.717, 1.165) is 16.7 Å². The first-order valence-electron chi connectivity index (χ1n) is 8.82. The number of nitrogens with one attached hydrogen (secondary N) is 1. The first kappa shape index (κ1) is 17.7. The van der Waals surface area contributed by atoms with E-state index in [1.54, 1.807) is 30.5 Å². The molecule has 1 aliphatic carbocycles. The number of rotatable bonds is 4. The third kappa shape index (κ3) is 3.00. The number of fused-ring (bicyclic) bond motifs is 1. The minimum Gasteiger partial charge on any atom is -0.273 e. The van der Waals surface area contributed by atoms with Gasteiger partial charge in [0.05, 0.1) is 15.8 Å². The second kappa shape index (κ2) is 6.16. The van der Waals surface area contributed by atoms with Crippen LogP contribution in [0.3, 0.4) is 0 Å². The van der Waals surface area contributed by atoms with Gasteiger partial charge in [-0.3, -0.25) is 9.78 Å². The van der Waals surface area contributed by atoms with Crippen LogP contribution in [-0.2, 0) is 20.2 Å². The monoisotopic (exact) mass is 380 g/mol. The van der Waals surface area contributed by atoms with Gasteiger partial charge in [-0.25, -0.2) is 13.1 Å². The number of pyridine rings is 1. The Morgan fingerprint density at radius 2 is 1.85 bits per heavy atom. The number of sulfonamides is 1. The lowest BCUT2D eigenvalue weighted by Gasteiger charge is -2.19. The number of nitrogens with zero attached hydrogens (tertiary/aromatic N) is 1. The molecule has 3 aromatic rings. The van der Waals surface area contributed by atoms with Crippen LogP contribution in [-0.4, -0.2) is 19.3 Å². The number of carbonyl (C=O) groups is 1. The van der Waals surface area contributed by atoms with E-state index in [0.29, 0.717) is 23.7 Å². The summed E-state index contributed by atoms with van der Waals surface area (Å²) in [4.78, 5) is 17.3. The van der Waals surface area contributed by atoms with Crippen molar-refractivity contribution in [2.75, 3.05) is 0 Å². The van der Waals surface area contributed by atoms with Crippen molar-refractivity contribution in [1.29, 1.82) is 0 Å². The zero-order valence-electron chi connectivity index (χ0n) is 15.2. The molecule has 0 radical (unpaired) electrons. The van der Waals surface area contributed by atoms with Crippen molar-refractivity contribution in [2.45, 2.75) is 37.0 Å². The highest BCUT2D eigenvalue weighted by atomic mass is 32.2. The Labute approximate surface area is 158 Å². The van der Waals surface area contributed by atoms with Gasteiger partial charge in [-0.1, -0.05) is 29.8 Å². The lowest BCUT2D eigenvalue weighted by atomic mass is 9.90. The molecule has 0 saturated heterocycles. The Hall–Kier alpha value is -2.73. The van der Waals surface area contributed by atoms with Crippen molar-refractivity contribution >= 4 is 26.8 Å². The molecule has 1 fully saturated rings. The predicted molar refractivity (Wildman–Crippen MR) is 104 cm³/mol. The summed E-state index contributed by atoms with van der Waals surface area (Å²) in [5, 5.41) is 0.497. The minimum atomic E-state index is -4.00. The molecule has 0 aliphatic heterocycles. The summed E-state index contributed by atoms with van der Waals surface area (Å²) < 4.78 is 28.2. The number of amides is 1. The normalized spacial score (nSPS) is 15.5. The largest absolute Gasteiger partial charge is 0.273 e. The van der Waals surface area contributed by atoms with Crippen LogP contribution < -0.4 is 4.72 Å². The number of aromatic nitrogens is 1. The Balaban J connectivity index is 1.71. The highest BCUT2D eigenvalue weighted by Crippen LogP contribution is 2.50. The van der Waals surface area contributed by atoms with Gasteiger partial charge in [-0.2, -0.15) is 0 Å². The van der Waals surface area contributed by atoms with E-state index in [9.17, 15) is 13.2 Å². The van der Waals surface area contributed by atoms with Crippen LogP contribution in [0.1, 0.15) is 29.5 Å². The van der Waals surface area contributed by atoms with Crippen molar-refractivity contribution < 1.29 is 13.2 Å². The molecule has 2 aromatic carbocycles. The molecule has 4 rings (SSSR count). The number of hydrogen-bond acceptors (Lipinski definition) is 4. The standard InChI is InChI=1S/C21H20N2O3S/c1-14-8-9-15(2)17(13-14)21(10-11-21)20(24)23-27(25,26)19-7-3-6-18-16(19)5-4-12-22-18/h3-9,12-13H,10-11H2,1-2H3,(H,23,24). The van der Waals surface area contributed by atoms with Crippen LogP contribution in [0.25, 0.3) is 10.9 Å². The van der Waals surface area contributed by atoms with Crippen LogP contribution in [0.15, 0.2) is 59.6 Å². The Morgan fingerprint density at radius 1 is 1.07 bits per heavy atom. The highest BCUT2D eigenvalue weighted by Gasteiger charge is 2.53. The van der Waals surface area contributed by atoms with Crippen LogP contribution in [0.4, 0.5) is 0 Å². The van der Waals surface area contributed by atoms with Crippen molar-refractivity contribution in [3.63, 3.8) is 0 Å². The molecule has 1 N–H and O–H groups in total. The van der Waals surface area contributed by atoms with Crippen molar-refractivity contribution in [2.24, 2.45) is 0 Å². The fourth-order valence-electron chi connectivity index (χ4n) is 3.58. The predicted octanol–water partition coefficient (Wildman–Crippen LogP) is 3.39. The average molecular weight is 380 g/mol. The number of aryl methyl sites for hydroxylation is 2. The van der Waals surface area contributed by atoms with Gasteiger partial charge in [0.1, 0.15) is 0 Å². The first-order chi connectivity index (χ1) is 12.8. The maximum atomic E-state index is 13.0. The SMILES string of the molecule is Cc1ccc(C)c(C2(C(=O)NS(=O)(=O)c3cccc4ncccc34)CC2)c1. The average Bonchev–Trinajstić information content (AvgIpc) is 3.45. The molecule has 1 heterocycles. The molecule has 1 saturated carbocycles. The highest BCUT2D eigenvalue weighted by molar-refractivity contribution is 7.90. The van der Waals surface area contributed by atoms with Crippen molar-refractivity contribution in [1.82, 2.24) is 9.71 Å². The van der Waals surface area contributed by atoms with Crippen LogP contribution in [0.5, 0.6) is 0 Å². The molecule has 1 amide bonds. The van der Waals surface area contributed by atoms with Crippen molar-refractivity contribution in [3.8, 4) is 0 Å². The summed E-state index contributed by atoms with van der Waals surface area (Å²) in [5.74, 6) is -0.461. The maximum absolute atomic E-state index is 13.0. The molecule has 0 unspecified atom stereocenters. The van der Waals surface area contributed by atoms with Gasteiger partial charge in [0.15, 0.2) is 0 Å². The number of carbonyl (C=O) groups excluding carboxylic acids is 1. The van der Waals surface area contributed by atoms with Crippen LogP contribution in [0, 0.1) is 13.8 Å². The van der Waals surface area contributed by atoms with Gasteiger partial charge >= 0.3 is 0 Å². The maximum Gasteiger partial charge on any atom is 0.264 e. The first-order valence-corrected chi connectivity index (χ1v) is 10.3. The second-order valence-electron chi connectivity index (χ2n) is 7.16. The smallest absolute Gasteiger partial charge is 0.264 e. The van der Waals surface area contributed by atoms with E-state index in [1.165, 1.54) is 6.07 Å². The van der Waals surface area contributed by atoms with E-state index in [1.807, 2.05) is 32.0 Å². The molecule has 6 heteroatoms. The number of benzene rings is 2. The lowest BCUT2D eigenvalue weighted by molar-refractivity contribution is -0.121. The summed E-state index contributed by atoms with van der Waals surface area (Å²) in [6.07, 6.45) is 2.91. The van der Waals surface area contributed by atoms with Gasteiger partial charge in [-0.15, -0.1) is 0 Å².